The van der Waals surface area contributed by atoms with E-state index in [1.54, 1.807) is 31.1 Å². The average molecular weight is 294 g/mol. The second-order valence-corrected chi connectivity index (χ2v) is 5.68. The standard InChI is InChI=1S/C15H26N4O2/c1-4-12(11-21-3)17-13-6-5-8-19(10-13)14-15(20)18(2)9-7-16-14/h7,9,12-13,17H,4-6,8,10-11H2,1-3H3/t12-,13+/m0/s1. The summed E-state index contributed by atoms with van der Waals surface area (Å²) in [5.41, 5.74) is -0.0258. The van der Waals surface area contributed by atoms with Crippen molar-refractivity contribution >= 4 is 5.82 Å². The molecule has 0 spiro atoms. The lowest BCUT2D eigenvalue weighted by molar-refractivity contribution is 0.156. The van der Waals surface area contributed by atoms with Crippen LogP contribution in [0.4, 0.5) is 5.82 Å². The summed E-state index contributed by atoms with van der Waals surface area (Å²) in [6.45, 7) is 4.60. The number of rotatable bonds is 6. The summed E-state index contributed by atoms with van der Waals surface area (Å²) in [5.74, 6) is 0.561. The molecule has 0 aromatic carbocycles. The maximum absolute atomic E-state index is 12.2. The van der Waals surface area contributed by atoms with Crippen molar-refractivity contribution in [1.82, 2.24) is 14.9 Å². The number of hydrogen-bond donors (Lipinski definition) is 1. The molecule has 1 aliphatic heterocycles. The van der Waals surface area contributed by atoms with E-state index in [1.807, 2.05) is 0 Å². The number of nitrogens with zero attached hydrogens (tertiary/aromatic N) is 3. The highest BCUT2D eigenvalue weighted by atomic mass is 16.5. The van der Waals surface area contributed by atoms with Gasteiger partial charge in [0.05, 0.1) is 6.61 Å². The van der Waals surface area contributed by atoms with Gasteiger partial charge in [-0.05, 0) is 19.3 Å². The lowest BCUT2D eigenvalue weighted by Gasteiger charge is -2.35. The first-order valence-electron chi connectivity index (χ1n) is 7.67. The Balaban J connectivity index is 2.03. The van der Waals surface area contributed by atoms with Crippen molar-refractivity contribution in [2.24, 2.45) is 7.05 Å². The van der Waals surface area contributed by atoms with Crippen LogP contribution in [0.5, 0.6) is 0 Å². The molecule has 1 aromatic heterocycles. The first-order valence-corrected chi connectivity index (χ1v) is 7.67. The van der Waals surface area contributed by atoms with Gasteiger partial charge >= 0.3 is 0 Å². The second kappa shape index (κ2) is 7.56. The molecule has 6 heteroatoms. The Kier molecular flexibility index (Phi) is 5.76. The van der Waals surface area contributed by atoms with E-state index in [1.165, 1.54) is 0 Å². The molecular weight excluding hydrogens is 268 g/mol. The Morgan fingerprint density at radius 2 is 2.38 bits per heavy atom. The van der Waals surface area contributed by atoms with Crippen LogP contribution in [0.1, 0.15) is 26.2 Å². The van der Waals surface area contributed by atoms with E-state index in [2.05, 4.69) is 22.1 Å². The molecule has 1 saturated heterocycles. The molecule has 2 rings (SSSR count). The number of ether oxygens (including phenoxy) is 1. The molecule has 118 valence electrons. The lowest BCUT2D eigenvalue weighted by atomic mass is 10.0. The lowest BCUT2D eigenvalue weighted by Crippen LogP contribution is -2.51. The highest BCUT2D eigenvalue weighted by Gasteiger charge is 2.24. The number of aryl methyl sites for hydroxylation is 1. The van der Waals surface area contributed by atoms with E-state index < -0.39 is 0 Å². The van der Waals surface area contributed by atoms with Crippen LogP contribution in [0.15, 0.2) is 17.2 Å². The molecule has 0 unspecified atom stereocenters. The minimum absolute atomic E-state index is 0.0258. The maximum atomic E-state index is 12.2. The number of anilines is 1. The Bertz CT molecular complexity index is 503. The van der Waals surface area contributed by atoms with Gasteiger partial charge < -0.3 is 19.5 Å². The van der Waals surface area contributed by atoms with Crippen molar-refractivity contribution in [2.45, 2.75) is 38.3 Å². The van der Waals surface area contributed by atoms with Crippen molar-refractivity contribution in [1.29, 1.82) is 0 Å². The fraction of sp³-hybridized carbons (Fsp3) is 0.733. The van der Waals surface area contributed by atoms with Crippen LogP contribution < -0.4 is 15.8 Å². The van der Waals surface area contributed by atoms with Crippen LogP contribution in [0.2, 0.25) is 0 Å². The summed E-state index contributed by atoms with van der Waals surface area (Å²) < 4.78 is 6.82. The van der Waals surface area contributed by atoms with Crippen LogP contribution in [0, 0.1) is 0 Å². The third-order valence-electron chi connectivity index (χ3n) is 4.05. The zero-order valence-electron chi connectivity index (χ0n) is 13.2. The van der Waals surface area contributed by atoms with Crippen molar-refractivity contribution in [3.05, 3.63) is 22.7 Å². The van der Waals surface area contributed by atoms with Gasteiger partial charge in [0.2, 0.25) is 0 Å². The van der Waals surface area contributed by atoms with Gasteiger partial charge in [0, 0.05) is 51.7 Å². The number of nitrogens with one attached hydrogen (secondary N) is 1. The third kappa shape index (κ3) is 4.04. The SMILES string of the molecule is CC[C@@H](COC)N[C@@H]1CCCN(c2nccn(C)c2=O)C1. The Morgan fingerprint density at radius 1 is 1.57 bits per heavy atom. The molecule has 21 heavy (non-hydrogen) atoms. The van der Waals surface area contributed by atoms with Crippen molar-refractivity contribution < 1.29 is 4.74 Å². The topological polar surface area (TPSA) is 59.4 Å². The van der Waals surface area contributed by atoms with E-state index in [9.17, 15) is 4.79 Å². The Hall–Kier alpha value is -1.40. The van der Waals surface area contributed by atoms with Gasteiger partial charge in [-0.15, -0.1) is 0 Å². The average Bonchev–Trinajstić information content (AvgIpc) is 2.50. The monoisotopic (exact) mass is 294 g/mol. The predicted molar refractivity (Wildman–Crippen MR) is 83.8 cm³/mol. The van der Waals surface area contributed by atoms with Crippen LogP contribution in [0.3, 0.4) is 0 Å². The summed E-state index contributed by atoms with van der Waals surface area (Å²) in [6, 6.07) is 0.747. The molecule has 1 N–H and O–H groups in total. The zero-order chi connectivity index (χ0) is 15.2. The molecule has 1 aromatic rings. The molecular formula is C15H26N4O2. The summed E-state index contributed by atoms with van der Waals surface area (Å²) in [7, 11) is 3.49. The van der Waals surface area contributed by atoms with E-state index in [0.717, 1.165) is 39.0 Å². The Labute approximate surface area is 126 Å². The number of piperidine rings is 1. The van der Waals surface area contributed by atoms with Gasteiger partial charge in [-0.2, -0.15) is 0 Å². The van der Waals surface area contributed by atoms with Gasteiger partial charge in [0.15, 0.2) is 5.82 Å². The molecule has 1 aliphatic rings. The number of hydrogen-bond acceptors (Lipinski definition) is 5. The van der Waals surface area contributed by atoms with E-state index in [-0.39, 0.29) is 5.56 Å². The predicted octanol–water partition coefficient (Wildman–Crippen LogP) is 0.764. The number of aromatic nitrogens is 2. The smallest absolute Gasteiger partial charge is 0.293 e. The maximum Gasteiger partial charge on any atom is 0.293 e. The molecule has 0 radical (unpaired) electrons. The zero-order valence-corrected chi connectivity index (χ0v) is 13.2. The summed E-state index contributed by atoms with van der Waals surface area (Å²) in [4.78, 5) is 18.5. The largest absolute Gasteiger partial charge is 0.383 e. The van der Waals surface area contributed by atoms with Crippen LogP contribution in [-0.4, -0.2) is 48.4 Å². The summed E-state index contributed by atoms with van der Waals surface area (Å²) >= 11 is 0. The molecule has 2 atom stereocenters. The number of methoxy groups -OCH3 is 1. The van der Waals surface area contributed by atoms with Gasteiger partial charge in [-0.1, -0.05) is 6.92 Å². The first kappa shape index (κ1) is 16.0. The minimum Gasteiger partial charge on any atom is -0.383 e. The van der Waals surface area contributed by atoms with E-state index in [4.69, 9.17) is 4.74 Å². The summed E-state index contributed by atoms with van der Waals surface area (Å²) in [5, 5.41) is 3.64. The van der Waals surface area contributed by atoms with E-state index in [0.29, 0.717) is 17.9 Å². The molecule has 0 saturated carbocycles. The highest BCUT2D eigenvalue weighted by molar-refractivity contribution is 5.36. The fourth-order valence-electron chi connectivity index (χ4n) is 2.83. The molecule has 0 bridgehead atoms. The van der Waals surface area contributed by atoms with Crippen LogP contribution in [0.25, 0.3) is 0 Å². The van der Waals surface area contributed by atoms with Gasteiger partial charge in [0.25, 0.3) is 5.56 Å². The van der Waals surface area contributed by atoms with Crippen LogP contribution >= 0.6 is 0 Å². The van der Waals surface area contributed by atoms with Gasteiger partial charge in [0.1, 0.15) is 0 Å². The minimum atomic E-state index is -0.0258. The van der Waals surface area contributed by atoms with Crippen molar-refractivity contribution in [3.8, 4) is 0 Å². The molecule has 0 amide bonds. The van der Waals surface area contributed by atoms with Gasteiger partial charge in [-0.25, -0.2) is 4.98 Å². The normalized spacial score (nSPS) is 20.5. The molecule has 2 heterocycles. The molecule has 1 fully saturated rings. The first-order chi connectivity index (χ1) is 10.2. The quantitative estimate of drug-likeness (QED) is 0.839. The van der Waals surface area contributed by atoms with Crippen molar-refractivity contribution in [3.63, 3.8) is 0 Å². The Morgan fingerprint density at radius 3 is 3.10 bits per heavy atom. The summed E-state index contributed by atoms with van der Waals surface area (Å²) in [6.07, 6.45) is 6.62. The second-order valence-electron chi connectivity index (χ2n) is 5.68. The highest BCUT2D eigenvalue weighted by Crippen LogP contribution is 2.15. The van der Waals surface area contributed by atoms with E-state index >= 15 is 0 Å². The molecule has 0 aliphatic carbocycles. The third-order valence-corrected chi connectivity index (χ3v) is 4.05. The van der Waals surface area contributed by atoms with Crippen molar-refractivity contribution in [2.75, 3.05) is 31.7 Å². The van der Waals surface area contributed by atoms with Gasteiger partial charge in [-0.3, -0.25) is 4.79 Å². The fourth-order valence-corrected chi connectivity index (χ4v) is 2.83. The van der Waals surface area contributed by atoms with Crippen LogP contribution in [-0.2, 0) is 11.8 Å². The molecule has 6 nitrogen and oxygen atoms in total.